The Labute approximate surface area is 182 Å². The van der Waals surface area contributed by atoms with E-state index in [4.69, 9.17) is 18.6 Å². The zero-order chi connectivity index (χ0) is 22.6. The van der Waals surface area contributed by atoms with Crippen molar-refractivity contribution < 1.29 is 23.4 Å². The minimum atomic E-state index is -0.641. The summed E-state index contributed by atoms with van der Waals surface area (Å²) in [5.74, 6) is 1.12. The maximum Gasteiger partial charge on any atom is 0.313 e. The van der Waals surface area contributed by atoms with Crippen molar-refractivity contribution in [3.8, 4) is 5.75 Å². The molecule has 1 saturated heterocycles. The van der Waals surface area contributed by atoms with Crippen molar-refractivity contribution in [3.63, 3.8) is 0 Å². The average Bonchev–Trinajstić information content (AvgIpc) is 2.98. The fourth-order valence-electron chi connectivity index (χ4n) is 4.99. The lowest BCUT2D eigenvalue weighted by Crippen LogP contribution is -2.44. The van der Waals surface area contributed by atoms with Gasteiger partial charge in [-0.2, -0.15) is 0 Å². The van der Waals surface area contributed by atoms with Crippen molar-refractivity contribution in [2.24, 2.45) is 10.8 Å². The van der Waals surface area contributed by atoms with Gasteiger partial charge in [0.25, 0.3) is 0 Å². The first-order chi connectivity index (χ1) is 14.5. The third-order valence-corrected chi connectivity index (χ3v) is 7.59. The van der Waals surface area contributed by atoms with E-state index in [2.05, 4.69) is 13.8 Å². The summed E-state index contributed by atoms with van der Waals surface area (Å²) in [7, 11) is 0. The third-order valence-electron chi connectivity index (χ3n) is 7.59. The highest BCUT2D eigenvalue weighted by Gasteiger charge is 2.72. The van der Waals surface area contributed by atoms with Crippen LogP contribution in [0.5, 0.6) is 5.75 Å². The van der Waals surface area contributed by atoms with Crippen LogP contribution in [0.25, 0.3) is 11.0 Å². The summed E-state index contributed by atoms with van der Waals surface area (Å²) in [6.07, 6.45) is 2.16. The molecule has 2 aromatic rings. The molecule has 2 aliphatic rings. The van der Waals surface area contributed by atoms with E-state index in [1.54, 1.807) is 12.1 Å². The molecule has 1 saturated carbocycles. The van der Waals surface area contributed by atoms with Crippen LogP contribution < -0.4 is 10.2 Å². The van der Waals surface area contributed by atoms with Crippen LogP contribution in [0.1, 0.15) is 65.7 Å². The van der Waals surface area contributed by atoms with Crippen LogP contribution in [0.15, 0.2) is 27.4 Å². The van der Waals surface area contributed by atoms with Gasteiger partial charge in [0.15, 0.2) is 5.43 Å². The molecule has 0 radical (unpaired) electrons. The molecule has 0 spiro atoms. The Kier molecular flexibility index (Phi) is 5.20. The van der Waals surface area contributed by atoms with Crippen LogP contribution in [-0.4, -0.2) is 24.3 Å². The smallest absolute Gasteiger partial charge is 0.313 e. The number of ether oxygens (including phenoxy) is 3. The van der Waals surface area contributed by atoms with Gasteiger partial charge in [-0.3, -0.25) is 9.59 Å². The minimum Gasteiger partial charge on any atom is -0.490 e. The number of carbonyl (C=O) groups excluding carboxylic acids is 1. The molecule has 6 heteroatoms. The molecule has 2 heterocycles. The van der Waals surface area contributed by atoms with E-state index in [9.17, 15) is 9.59 Å². The van der Waals surface area contributed by atoms with E-state index in [0.29, 0.717) is 34.5 Å². The van der Waals surface area contributed by atoms with Gasteiger partial charge >= 0.3 is 5.97 Å². The van der Waals surface area contributed by atoms with Crippen molar-refractivity contribution in [1.29, 1.82) is 0 Å². The second-order valence-corrected chi connectivity index (χ2v) is 9.85. The lowest BCUT2D eigenvalue weighted by molar-refractivity contribution is -0.166. The Balaban J connectivity index is 1.67. The van der Waals surface area contributed by atoms with Crippen molar-refractivity contribution in [2.45, 2.75) is 79.1 Å². The van der Waals surface area contributed by atoms with Crippen LogP contribution >= 0.6 is 0 Å². The zero-order valence-corrected chi connectivity index (χ0v) is 19.3. The van der Waals surface area contributed by atoms with Crippen LogP contribution in [0.2, 0.25) is 0 Å². The number of esters is 1. The molecule has 4 rings (SSSR count). The number of rotatable bonds is 7. The molecule has 1 aliphatic heterocycles. The first-order valence-electron chi connectivity index (χ1n) is 11.1. The van der Waals surface area contributed by atoms with E-state index in [0.717, 1.165) is 12.8 Å². The van der Waals surface area contributed by atoms with E-state index in [-0.39, 0.29) is 36.1 Å². The number of aryl methyl sites for hydroxylation is 1. The number of carbonyl (C=O) groups is 1. The standard InChI is InChI=1S/C25H32O6/c1-7-16-12-19(26)17-8-9-20(29-15(2)3)18(21(17)30-16)13-28-14-25-11-10-24(6,22(27)31-25)23(25,4)5/h8-9,12,15H,7,10-11,13-14H2,1-6H3/t24-,25+/m0/s1. The predicted molar refractivity (Wildman–Crippen MR) is 117 cm³/mol. The SMILES string of the molecule is CCc1cc(=O)c2ccc(OC(C)C)c(COC[C@@]34CC[C@@](C)(C(=O)O3)C4(C)C)c2o1. The Hall–Kier alpha value is -2.34. The van der Waals surface area contributed by atoms with E-state index < -0.39 is 11.0 Å². The molecule has 1 aromatic carbocycles. The van der Waals surface area contributed by atoms with Gasteiger partial charge in [-0.05, 0) is 45.7 Å². The second kappa shape index (κ2) is 7.37. The third kappa shape index (κ3) is 3.18. The molecule has 0 N–H and O–H groups in total. The molecule has 168 valence electrons. The maximum atomic E-state index is 12.6. The van der Waals surface area contributed by atoms with E-state index >= 15 is 0 Å². The molecule has 6 nitrogen and oxygen atoms in total. The molecular formula is C25H32O6. The monoisotopic (exact) mass is 428 g/mol. The van der Waals surface area contributed by atoms with Crippen molar-refractivity contribution in [3.05, 3.63) is 39.7 Å². The van der Waals surface area contributed by atoms with Crippen LogP contribution in [0.4, 0.5) is 0 Å². The summed E-state index contributed by atoms with van der Waals surface area (Å²) in [6, 6.07) is 5.08. The molecule has 1 aromatic heterocycles. The second-order valence-electron chi connectivity index (χ2n) is 9.85. The van der Waals surface area contributed by atoms with Crippen molar-refractivity contribution >= 4 is 16.9 Å². The van der Waals surface area contributed by atoms with Gasteiger partial charge in [0, 0.05) is 17.9 Å². The van der Waals surface area contributed by atoms with Gasteiger partial charge in [0.1, 0.15) is 22.7 Å². The zero-order valence-electron chi connectivity index (χ0n) is 19.3. The molecule has 0 amide bonds. The minimum absolute atomic E-state index is 0.0406. The predicted octanol–water partition coefficient (Wildman–Crippen LogP) is 4.78. The van der Waals surface area contributed by atoms with Crippen LogP contribution in [0.3, 0.4) is 0 Å². The normalized spacial score (nSPS) is 26.6. The largest absolute Gasteiger partial charge is 0.490 e. The fraction of sp³-hybridized carbons (Fsp3) is 0.600. The Morgan fingerprint density at radius 1 is 1.13 bits per heavy atom. The summed E-state index contributed by atoms with van der Waals surface area (Å²) < 4.78 is 24.1. The van der Waals surface area contributed by atoms with Crippen molar-refractivity contribution in [1.82, 2.24) is 0 Å². The highest BCUT2D eigenvalue weighted by molar-refractivity contribution is 5.83. The van der Waals surface area contributed by atoms with Crippen LogP contribution in [0, 0.1) is 10.8 Å². The lowest BCUT2D eigenvalue weighted by atomic mass is 9.66. The fourth-order valence-corrected chi connectivity index (χ4v) is 4.99. The summed E-state index contributed by atoms with van der Waals surface area (Å²) in [5.41, 5.74) is -0.319. The highest BCUT2D eigenvalue weighted by atomic mass is 16.6. The molecule has 31 heavy (non-hydrogen) atoms. The molecule has 2 bridgehead atoms. The average molecular weight is 429 g/mol. The topological polar surface area (TPSA) is 75.0 Å². The summed E-state index contributed by atoms with van der Waals surface area (Å²) in [6.45, 7) is 12.5. The van der Waals surface area contributed by atoms with E-state index in [1.807, 2.05) is 27.7 Å². The summed E-state index contributed by atoms with van der Waals surface area (Å²) in [4.78, 5) is 25.1. The summed E-state index contributed by atoms with van der Waals surface area (Å²) in [5, 5.41) is 0.506. The molecular weight excluding hydrogens is 396 g/mol. The van der Waals surface area contributed by atoms with Gasteiger partial charge in [-0.25, -0.2) is 0 Å². The van der Waals surface area contributed by atoms with Crippen molar-refractivity contribution in [2.75, 3.05) is 6.61 Å². The number of hydrogen-bond donors (Lipinski definition) is 0. The first kappa shape index (κ1) is 21.9. The summed E-state index contributed by atoms with van der Waals surface area (Å²) >= 11 is 0. The number of benzene rings is 1. The quantitative estimate of drug-likeness (QED) is 0.591. The Bertz CT molecular complexity index is 1080. The molecule has 2 atom stereocenters. The number of fused-ring (bicyclic) bond motifs is 3. The Morgan fingerprint density at radius 2 is 1.87 bits per heavy atom. The Morgan fingerprint density at radius 3 is 2.45 bits per heavy atom. The van der Waals surface area contributed by atoms with Gasteiger partial charge in [0.2, 0.25) is 0 Å². The number of hydrogen-bond acceptors (Lipinski definition) is 6. The first-order valence-corrected chi connectivity index (χ1v) is 11.1. The molecule has 2 fully saturated rings. The molecule has 1 aliphatic carbocycles. The molecule has 0 unspecified atom stereocenters. The van der Waals surface area contributed by atoms with Gasteiger partial charge in [-0.15, -0.1) is 0 Å². The van der Waals surface area contributed by atoms with Gasteiger partial charge in [0.05, 0.1) is 35.7 Å². The lowest BCUT2D eigenvalue weighted by Gasteiger charge is -2.36. The van der Waals surface area contributed by atoms with Crippen LogP contribution in [-0.2, 0) is 27.3 Å². The van der Waals surface area contributed by atoms with Gasteiger partial charge in [-0.1, -0.05) is 20.8 Å². The van der Waals surface area contributed by atoms with Gasteiger partial charge < -0.3 is 18.6 Å². The van der Waals surface area contributed by atoms with E-state index in [1.165, 1.54) is 6.07 Å². The maximum absolute atomic E-state index is 12.6. The highest BCUT2D eigenvalue weighted by Crippen LogP contribution is 2.65.